The summed E-state index contributed by atoms with van der Waals surface area (Å²) in [4.78, 5) is 31.2. The summed E-state index contributed by atoms with van der Waals surface area (Å²) in [6, 6.07) is 0. The van der Waals surface area contributed by atoms with Gasteiger partial charge in [0.05, 0.1) is 24.1 Å². The number of imidazole rings is 1. The molecule has 0 aliphatic carbocycles. The van der Waals surface area contributed by atoms with Gasteiger partial charge in [-0.05, 0) is 19.4 Å². The molecule has 0 aromatic carbocycles. The molecule has 112 valence electrons. The molecule has 0 aliphatic rings. The van der Waals surface area contributed by atoms with E-state index in [1.807, 2.05) is 17.8 Å². The van der Waals surface area contributed by atoms with Gasteiger partial charge in [-0.1, -0.05) is 11.8 Å². The van der Waals surface area contributed by atoms with Gasteiger partial charge >= 0.3 is 5.97 Å². The van der Waals surface area contributed by atoms with E-state index >= 15 is 0 Å². The molecule has 0 saturated carbocycles. The number of thioether (sulfide) groups is 1. The van der Waals surface area contributed by atoms with Crippen molar-refractivity contribution in [2.24, 2.45) is 7.05 Å². The number of nitrogens with zero attached hydrogens (tertiary/aromatic N) is 2. The number of H-pyrrole nitrogens is 1. The lowest BCUT2D eigenvalue weighted by Crippen LogP contribution is -2.07. The van der Waals surface area contributed by atoms with Gasteiger partial charge in [-0.15, -0.1) is 0 Å². The molecule has 2 rings (SSSR count). The zero-order valence-corrected chi connectivity index (χ0v) is 13.2. The monoisotopic (exact) mass is 307 g/mol. The molecule has 2 aromatic rings. The molecule has 0 spiro atoms. The van der Waals surface area contributed by atoms with E-state index in [9.17, 15) is 9.59 Å². The number of carbonyl (C=O) groups excluding carboxylic acids is 2. The quantitative estimate of drug-likeness (QED) is 0.520. The average molecular weight is 307 g/mol. The van der Waals surface area contributed by atoms with Crippen LogP contribution in [0.4, 0.5) is 0 Å². The Morgan fingerprint density at radius 1 is 1.43 bits per heavy atom. The van der Waals surface area contributed by atoms with Crippen molar-refractivity contribution < 1.29 is 14.3 Å². The van der Waals surface area contributed by atoms with Gasteiger partial charge in [-0.2, -0.15) is 0 Å². The topological polar surface area (TPSA) is 77.0 Å². The first-order valence-corrected chi connectivity index (χ1v) is 7.35. The highest BCUT2D eigenvalue weighted by atomic mass is 32.2. The molecule has 0 unspecified atom stereocenters. The first-order chi connectivity index (χ1) is 9.95. The predicted octanol–water partition coefficient (Wildman–Crippen LogP) is 2.13. The van der Waals surface area contributed by atoms with E-state index in [0.29, 0.717) is 22.5 Å². The number of methoxy groups -OCH3 is 1. The number of ether oxygens (including phenoxy) is 1. The lowest BCUT2D eigenvalue weighted by Gasteiger charge is -2.02. The van der Waals surface area contributed by atoms with Crippen LogP contribution in [0.25, 0.3) is 0 Å². The molecule has 0 radical (unpaired) electrons. The minimum atomic E-state index is -0.433. The summed E-state index contributed by atoms with van der Waals surface area (Å²) in [5.74, 6) is -0.248. The molecule has 21 heavy (non-hydrogen) atoms. The first kappa shape index (κ1) is 15.4. The van der Waals surface area contributed by atoms with Gasteiger partial charge in [0.15, 0.2) is 10.9 Å². The van der Waals surface area contributed by atoms with Crippen molar-refractivity contribution in [1.29, 1.82) is 0 Å². The van der Waals surface area contributed by atoms with Crippen molar-refractivity contribution >= 4 is 23.5 Å². The van der Waals surface area contributed by atoms with Crippen molar-refractivity contribution in [2.45, 2.75) is 19.0 Å². The zero-order chi connectivity index (χ0) is 15.6. The molecule has 0 fully saturated rings. The molecular weight excluding hydrogens is 290 g/mol. The maximum Gasteiger partial charge on any atom is 0.339 e. The standard InChI is InChI=1S/C14H17N3O3S/c1-8-11(13(19)20-4)9(2)16-12(8)10(18)7-21-14-15-5-6-17(14)3/h5-6,16H,7H2,1-4H3. The summed E-state index contributed by atoms with van der Waals surface area (Å²) in [6.07, 6.45) is 3.51. The summed E-state index contributed by atoms with van der Waals surface area (Å²) in [6.45, 7) is 3.50. The van der Waals surface area contributed by atoms with E-state index in [0.717, 1.165) is 5.16 Å². The van der Waals surface area contributed by atoms with E-state index in [4.69, 9.17) is 4.74 Å². The van der Waals surface area contributed by atoms with Crippen LogP contribution >= 0.6 is 11.8 Å². The molecule has 2 aromatic heterocycles. The van der Waals surface area contributed by atoms with E-state index < -0.39 is 5.97 Å². The minimum absolute atomic E-state index is 0.0706. The van der Waals surface area contributed by atoms with Crippen LogP contribution in [-0.4, -0.2) is 39.2 Å². The number of rotatable bonds is 5. The minimum Gasteiger partial charge on any atom is -0.465 e. The van der Waals surface area contributed by atoms with E-state index in [2.05, 4.69) is 9.97 Å². The second kappa shape index (κ2) is 6.17. The number of aryl methyl sites for hydroxylation is 2. The molecule has 0 bridgehead atoms. The molecular formula is C14H17N3O3S. The summed E-state index contributed by atoms with van der Waals surface area (Å²) in [7, 11) is 3.20. The van der Waals surface area contributed by atoms with Crippen LogP contribution in [0.15, 0.2) is 17.6 Å². The number of aromatic nitrogens is 3. The van der Waals surface area contributed by atoms with Crippen molar-refractivity contribution in [2.75, 3.05) is 12.9 Å². The number of hydrogen-bond donors (Lipinski definition) is 1. The van der Waals surface area contributed by atoms with Crippen LogP contribution in [0.5, 0.6) is 0 Å². The third-order valence-electron chi connectivity index (χ3n) is 3.22. The van der Waals surface area contributed by atoms with Crippen molar-refractivity contribution in [3.63, 3.8) is 0 Å². The van der Waals surface area contributed by atoms with Crippen molar-refractivity contribution in [3.8, 4) is 0 Å². The van der Waals surface area contributed by atoms with Crippen LogP contribution < -0.4 is 0 Å². The lowest BCUT2D eigenvalue weighted by molar-refractivity contribution is 0.0599. The Morgan fingerprint density at radius 2 is 2.14 bits per heavy atom. The third kappa shape index (κ3) is 3.02. The zero-order valence-electron chi connectivity index (χ0n) is 12.4. The second-order valence-electron chi connectivity index (χ2n) is 4.65. The first-order valence-electron chi connectivity index (χ1n) is 6.36. The van der Waals surface area contributed by atoms with Crippen LogP contribution in [0.3, 0.4) is 0 Å². The average Bonchev–Trinajstić information content (AvgIpc) is 2.99. The van der Waals surface area contributed by atoms with Gasteiger partial charge in [0.1, 0.15) is 0 Å². The Hall–Kier alpha value is -2.02. The maximum atomic E-state index is 12.3. The van der Waals surface area contributed by atoms with Crippen LogP contribution in [0.1, 0.15) is 32.1 Å². The fraction of sp³-hybridized carbons (Fsp3) is 0.357. The Balaban J connectivity index is 2.17. The number of hydrogen-bond acceptors (Lipinski definition) is 5. The number of ketones is 1. The number of aromatic amines is 1. The molecule has 0 amide bonds. The Bertz CT molecular complexity index is 688. The summed E-state index contributed by atoms with van der Waals surface area (Å²) in [5, 5.41) is 0.775. The fourth-order valence-electron chi connectivity index (χ4n) is 2.13. The molecule has 1 N–H and O–H groups in total. The maximum absolute atomic E-state index is 12.3. The summed E-state index contributed by atoms with van der Waals surface area (Å²) < 4.78 is 6.59. The van der Waals surface area contributed by atoms with Crippen LogP contribution in [0, 0.1) is 13.8 Å². The Morgan fingerprint density at radius 3 is 2.71 bits per heavy atom. The van der Waals surface area contributed by atoms with E-state index in [1.54, 1.807) is 20.0 Å². The van der Waals surface area contributed by atoms with Gasteiger partial charge in [-0.25, -0.2) is 9.78 Å². The van der Waals surface area contributed by atoms with Crippen LogP contribution in [0.2, 0.25) is 0 Å². The third-order valence-corrected chi connectivity index (χ3v) is 4.27. The number of esters is 1. The summed E-state index contributed by atoms with van der Waals surface area (Å²) in [5.41, 5.74) is 2.16. The molecule has 2 heterocycles. The molecule has 6 nitrogen and oxygen atoms in total. The molecule has 0 saturated heterocycles. The normalized spacial score (nSPS) is 10.7. The van der Waals surface area contributed by atoms with Crippen molar-refractivity contribution in [3.05, 3.63) is 34.9 Å². The van der Waals surface area contributed by atoms with E-state index in [-0.39, 0.29) is 11.5 Å². The lowest BCUT2D eigenvalue weighted by atomic mass is 10.1. The number of carbonyl (C=O) groups is 2. The van der Waals surface area contributed by atoms with Gasteiger partial charge in [0, 0.05) is 25.1 Å². The largest absolute Gasteiger partial charge is 0.465 e. The second-order valence-corrected chi connectivity index (χ2v) is 5.59. The predicted molar refractivity (Wildman–Crippen MR) is 79.9 cm³/mol. The number of nitrogens with one attached hydrogen (secondary N) is 1. The Labute approximate surface area is 126 Å². The smallest absolute Gasteiger partial charge is 0.339 e. The van der Waals surface area contributed by atoms with E-state index in [1.165, 1.54) is 18.9 Å². The number of Topliss-reactive ketones (excluding diaryl/α,β-unsaturated/α-hetero) is 1. The van der Waals surface area contributed by atoms with Gasteiger partial charge in [0.25, 0.3) is 0 Å². The van der Waals surface area contributed by atoms with Gasteiger partial charge < -0.3 is 14.3 Å². The highest BCUT2D eigenvalue weighted by molar-refractivity contribution is 7.99. The molecule has 7 heteroatoms. The van der Waals surface area contributed by atoms with Crippen LogP contribution in [-0.2, 0) is 11.8 Å². The highest BCUT2D eigenvalue weighted by Crippen LogP contribution is 2.22. The highest BCUT2D eigenvalue weighted by Gasteiger charge is 2.22. The van der Waals surface area contributed by atoms with Gasteiger partial charge in [-0.3, -0.25) is 4.79 Å². The SMILES string of the molecule is COC(=O)c1c(C)[nH]c(C(=O)CSc2nccn2C)c1C. The van der Waals surface area contributed by atoms with Gasteiger partial charge in [0.2, 0.25) is 0 Å². The molecule has 0 atom stereocenters. The van der Waals surface area contributed by atoms with Crippen molar-refractivity contribution in [1.82, 2.24) is 14.5 Å². The molecule has 0 aliphatic heterocycles. The Kier molecular flexibility index (Phi) is 4.52. The summed E-state index contributed by atoms with van der Waals surface area (Å²) >= 11 is 1.36. The fourth-order valence-corrected chi connectivity index (χ4v) is 2.93.